The highest BCUT2D eigenvalue weighted by Gasteiger charge is 2.21. The van der Waals surface area contributed by atoms with Crippen molar-refractivity contribution in [2.45, 2.75) is 12.8 Å². The van der Waals surface area contributed by atoms with Crippen molar-refractivity contribution in [2.24, 2.45) is 16.5 Å². The summed E-state index contributed by atoms with van der Waals surface area (Å²) in [4.78, 5) is 39.1. The number of aliphatic imine (C=N–C) groups is 1. The number of nitrogens with two attached hydrogens (primary N) is 2. The van der Waals surface area contributed by atoms with Crippen molar-refractivity contribution in [1.29, 1.82) is 5.41 Å². The average molecular weight is 576 g/mol. The van der Waals surface area contributed by atoms with Gasteiger partial charge in [-0.1, -0.05) is 18.2 Å². The maximum atomic E-state index is 12.6. The minimum atomic E-state index is -0.996. The molecule has 0 bridgehead atoms. The van der Waals surface area contributed by atoms with E-state index in [4.69, 9.17) is 21.6 Å². The molecule has 0 heterocycles. The molecule has 0 fully saturated rings. The van der Waals surface area contributed by atoms with Gasteiger partial charge in [0.25, 0.3) is 0 Å². The van der Waals surface area contributed by atoms with Gasteiger partial charge in [-0.25, -0.2) is 4.79 Å². The van der Waals surface area contributed by atoms with E-state index >= 15 is 0 Å². The Hall–Kier alpha value is -4.35. The number of carbonyl (C=O) groups is 3. The first kappa shape index (κ1) is 32.7. The maximum Gasteiger partial charge on any atom is 0.343 e. The highest BCUT2D eigenvalue weighted by atomic mass is 35.5. The maximum absolute atomic E-state index is 12.6. The van der Waals surface area contributed by atoms with Crippen LogP contribution in [0, 0.1) is 5.41 Å². The molecule has 13 heteroatoms. The van der Waals surface area contributed by atoms with Gasteiger partial charge in [-0.2, -0.15) is 0 Å². The van der Waals surface area contributed by atoms with E-state index in [9.17, 15) is 14.4 Å². The molecule has 208 valence electrons. The molecule has 11 nitrogen and oxygen atoms in total. The Morgan fingerprint density at radius 1 is 1.00 bits per heavy atom. The van der Waals surface area contributed by atoms with Crippen molar-refractivity contribution in [2.75, 3.05) is 25.1 Å². The summed E-state index contributed by atoms with van der Waals surface area (Å²) in [6.07, 6.45) is 1.56. The molecule has 0 saturated heterocycles. The first-order valence-corrected chi connectivity index (χ1v) is 11.4. The second kappa shape index (κ2) is 15.8. The lowest BCUT2D eigenvalue weighted by atomic mass is 9.95. The molecule has 0 aliphatic rings. The first-order valence-electron chi connectivity index (χ1n) is 11.4. The quantitative estimate of drug-likeness (QED) is 0.0478. The van der Waals surface area contributed by atoms with Crippen LogP contribution < -0.4 is 32.2 Å². The average Bonchev–Trinajstić information content (AvgIpc) is 2.85. The van der Waals surface area contributed by atoms with Crippen molar-refractivity contribution in [3.05, 3.63) is 71.8 Å². The number of primary amides is 1. The molecular formula is C26H31Cl2N7O4. The number of halogens is 2. The number of anilines is 1. The molecule has 8 N–H and O–H groups in total. The zero-order chi connectivity index (χ0) is 26.8. The summed E-state index contributed by atoms with van der Waals surface area (Å²) in [5.74, 6) is -2.23. The van der Waals surface area contributed by atoms with Gasteiger partial charge in [0.15, 0.2) is 0 Å². The largest absolute Gasteiger partial charge is 0.423 e. The standard InChI is InChI=1S/C26H29N7O4.2ClH/c1-16(34)32-11-10-30-14-31-15-33-21-7-4-17(5-8-21)26(36)37-22-9-6-18-12-20(3-2-19(18)13-22)23(24(27)28)25(29)35;;/h2-9,12-14,23,33H,10-11,15H2,1H3,(H3,27,28)(H2,29,35)(H,30,31)(H,32,34);2*1H. The molecule has 0 radical (unpaired) electrons. The van der Waals surface area contributed by atoms with E-state index in [-0.39, 0.29) is 36.6 Å². The summed E-state index contributed by atoms with van der Waals surface area (Å²) in [6.45, 7) is 2.85. The molecule has 1 atom stereocenters. The smallest absolute Gasteiger partial charge is 0.343 e. The van der Waals surface area contributed by atoms with Crippen LogP contribution in [-0.2, 0) is 9.59 Å². The zero-order valence-corrected chi connectivity index (χ0v) is 22.7. The predicted octanol–water partition coefficient (Wildman–Crippen LogP) is 2.53. The SMILES string of the molecule is CC(=O)NCCN=CNCNc1ccc(C(=O)Oc2ccc3cc(C(C(=N)N)C(N)=O)ccc3c2)cc1.Cl.Cl. The van der Waals surface area contributed by atoms with Crippen LogP contribution in [0.5, 0.6) is 5.75 Å². The Morgan fingerprint density at radius 2 is 1.67 bits per heavy atom. The van der Waals surface area contributed by atoms with Crippen LogP contribution in [-0.4, -0.2) is 49.7 Å². The number of nitrogens with one attached hydrogen (secondary N) is 4. The van der Waals surface area contributed by atoms with Gasteiger partial charge in [0.2, 0.25) is 11.8 Å². The fourth-order valence-electron chi connectivity index (χ4n) is 3.50. The number of rotatable bonds is 12. The first-order chi connectivity index (χ1) is 17.7. The van der Waals surface area contributed by atoms with Gasteiger partial charge in [-0.3, -0.25) is 20.0 Å². The van der Waals surface area contributed by atoms with Crippen LogP contribution in [0.25, 0.3) is 10.8 Å². The van der Waals surface area contributed by atoms with Crippen LogP contribution in [0.1, 0.15) is 28.8 Å². The normalized spacial score (nSPS) is 11.0. The number of fused-ring (bicyclic) bond motifs is 1. The summed E-state index contributed by atoms with van der Waals surface area (Å²) in [6, 6.07) is 17.1. The van der Waals surface area contributed by atoms with E-state index in [0.717, 1.165) is 16.5 Å². The Morgan fingerprint density at radius 3 is 2.31 bits per heavy atom. The lowest BCUT2D eigenvalue weighted by Gasteiger charge is -2.13. The van der Waals surface area contributed by atoms with Crippen molar-refractivity contribution < 1.29 is 19.1 Å². The second-order valence-electron chi connectivity index (χ2n) is 8.10. The van der Waals surface area contributed by atoms with Gasteiger partial charge in [0.05, 0.1) is 25.1 Å². The third-order valence-electron chi connectivity index (χ3n) is 5.29. The lowest BCUT2D eigenvalue weighted by Crippen LogP contribution is -2.32. The van der Waals surface area contributed by atoms with Gasteiger partial charge in [-0.15, -0.1) is 24.8 Å². The fourth-order valence-corrected chi connectivity index (χ4v) is 3.50. The fraction of sp³-hybridized carbons (Fsp3) is 0.192. The van der Waals surface area contributed by atoms with E-state index in [1.54, 1.807) is 67.0 Å². The number of amidine groups is 1. The summed E-state index contributed by atoms with van der Waals surface area (Å²) in [5, 5.41) is 18.0. The molecule has 0 saturated carbocycles. The number of hydrogen-bond donors (Lipinski definition) is 6. The number of carbonyl (C=O) groups excluding carboxylic acids is 3. The topological polar surface area (TPSA) is 185 Å². The molecule has 0 aromatic heterocycles. The molecule has 0 aliphatic carbocycles. The lowest BCUT2D eigenvalue weighted by molar-refractivity contribution is -0.119. The summed E-state index contributed by atoms with van der Waals surface area (Å²) in [5.41, 5.74) is 12.6. The van der Waals surface area contributed by atoms with E-state index in [0.29, 0.717) is 36.6 Å². The van der Waals surface area contributed by atoms with Crippen LogP contribution in [0.4, 0.5) is 5.69 Å². The molecule has 2 amide bonds. The summed E-state index contributed by atoms with van der Waals surface area (Å²) in [7, 11) is 0. The van der Waals surface area contributed by atoms with E-state index < -0.39 is 17.8 Å². The number of hydrogen-bond acceptors (Lipinski definition) is 7. The number of amides is 2. The third-order valence-corrected chi connectivity index (χ3v) is 5.29. The van der Waals surface area contributed by atoms with Crippen LogP contribution in [0.2, 0.25) is 0 Å². The Balaban J connectivity index is 0.00000380. The van der Waals surface area contributed by atoms with Crippen molar-refractivity contribution in [1.82, 2.24) is 10.6 Å². The Labute approximate surface area is 238 Å². The molecule has 39 heavy (non-hydrogen) atoms. The molecule has 0 aliphatic heterocycles. The number of nitrogens with zero attached hydrogens (tertiary/aromatic N) is 1. The van der Waals surface area contributed by atoms with Gasteiger partial charge in [-0.05, 0) is 58.8 Å². The number of ether oxygens (including phenoxy) is 1. The molecule has 3 aromatic carbocycles. The predicted molar refractivity (Wildman–Crippen MR) is 157 cm³/mol. The molecule has 3 rings (SSSR count). The van der Waals surface area contributed by atoms with Crippen LogP contribution >= 0.6 is 24.8 Å². The van der Waals surface area contributed by atoms with Gasteiger partial charge in [0, 0.05) is 19.2 Å². The number of esters is 1. The number of benzene rings is 3. The van der Waals surface area contributed by atoms with Crippen molar-refractivity contribution in [3.63, 3.8) is 0 Å². The van der Waals surface area contributed by atoms with E-state index in [2.05, 4.69) is 20.9 Å². The van der Waals surface area contributed by atoms with Gasteiger partial charge < -0.3 is 32.2 Å². The minimum absolute atomic E-state index is 0. The second-order valence-corrected chi connectivity index (χ2v) is 8.10. The summed E-state index contributed by atoms with van der Waals surface area (Å²) >= 11 is 0. The summed E-state index contributed by atoms with van der Waals surface area (Å²) < 4.78 is 5.52. The zero-order valence-electron chi connectivity index (χ0n) is 21.1. The Bertz CT molecular complexity index is 1320. The Kier molecular flexibility index (Phi) is 13.2. The van der Waals surface area contributed by atoms with Crippen LogP contribution in [0.15, 0.2) is 65.7 Å². The molecule has 1 unspecified atom stereocenters. The molecule has 3 aromatic rings. The minimum Gasteiger partial charge on any atom is -0.423 e. The third kappa shape index (κ3) is 9.80. The van der Waals surface area contributed by atoms with Gasteiger partial charge in [0.1, 0.15) is 17.5 Å². The van der Waals surface area contributed by atoms with E-state index in [1.807, 2.05) is 0 Å². The molecular weight excluding hydrogens is 545 g/mol. The highest BCUT2D eigenvalue weighted by Crippen LogP contribution is 2.26. The highest BCUT2D eigenvalue weighted by molar-refractivity contribution is 6.06. The molecule has 0 spiro atoms. The van der Waals surface area contributed by atoms with Crippen LogP contribution in [0.3, 0.4) is 0 Å². The van der Waals surface area contributed by atoms with Gasteiger partial charge >= 0.3 is 5.97 Å². The van der Waals surface area contributed by atoms with Crippen molar-refractivity contribution in [3.8, 4) is 5.75 Å². The van der Waals surface area contributed by atoms with Crippen molar-refractivity contribution >= 4 is 71.2 Å². The monoisotopic (exact) mass is 575 g/mol. The van der Waals surface area contributed by atoms with E-state index in [1.165, 1.54) is 6.92 Å².